The van der Waals surface area contributed by atoms with Gasteiger partial charge in [0.05, 0.1) is 88.5 Å². The first-order chi connectivity index (χ1) is 53.8. The number of fused-ring (bicyclic) bond motifs is 7. The minimum atomic E-state index is -2.22. The number of ether oxygens (including phenoxy) is 16. The fraction of sp³-hybridized carbons (Fsp3) is 0.960. The van der Waals surface area contributed by atoms with E-state index in [0.717, 1.165) is 5.57 Å². The van der Waals surface area contributed by atoms with Crippen molar-refractivity contribution in [2.75, 3.05) is 39.6 Å². The molecule has 0 bridgehead atoms. The first-order valence-electron chi connectivity index (χ1n) is 39.9. The van der Waals surface area contributed by atoms with Crippen LogP contribution in [0.25, 0.3) is 0 Å². The Hall–Kier alpha value is -2.31. The van der Waals surface area contributed by atoms with Gasteiger partial charge in [-0.25, -0.2) is 0 Å². The molecule has 4 saturated carbocycles. The lowest BCUT2D eigenvalue weighted by atomic mass is 9.32. The number of rotatable bonds is 19. The molecule has 12 fully saturated rings. The molecular formula is C75H122O40. The highest BCUT2D eigenvalue weighted by molar-refractivity contribution is 5.80. The molecule has 8 heterocycles. The number of carbonyl (C=O) groups is 1. The Balaban J connectivity index is 0.751. The zero-order chi connectivity index (χ0) is 84.1. The molecule has 5 aliphatic carbocycles. The zero-order valence-corrected chi connectivity index (χ0v) is 65.7. The van der Waals surface area contributed by atoms with Gasteiger partial charge in [0.15, 0.2) is 50.1 Å². The largest absolute Gasteiger partial charge is 0.432 e. The van der Waals surface area contributed by atoms with E-state index in [0.29, 0.717) is 12.8 Å². The van der Waals surface area contributed by atoms with Gasteiger partial charge in [0.1, 0.15) is 145 Å². The summed E-state index contributed by atoms with van der Waals surface area (Å²) >= 11 is 0. The van der Waals surface area contributed by atoms with Crippen molar-refractivity contribution in [1.29, 1.82) is 0 Å². The number of hydrogen-bond acceptors (Lipinski definition) is 40. The van der Waals surface area contributed by atoms with Crippen LogP contribution in [0.5, 0.6) is 0 Å². The molecule has 40 nitrogen and oxygen atoms in total. The standard InChI is InChI=1S/C75H122O40/c1-25-38(84)42(88)45(91)61(103-25)109-52-34(82)21-100-60(48(52)94)108-51-28(4)106-64(49(95)54(51)111-62-46(92)43(89)39(85)26(2)104-62)113-56-41(87)33(81)20-101-66(56)115-68(98)75-14-13-69(5,6)15-30(75)29-11-12-36-70(7)16-32(80)59(71(8,22-77)57(70)31(79)17-73(36,10)72(29,9)18-37(75)83)114-65-50(96)55(112-63-47(93)44(90)40(86)27(3)105-63)53(35(19-76)107-65)110-67-58(97)74(99,23-78)24-102-67/h11,25-28,30-67,76-97,99H,12-24H2,1-10H3/t25-,26-,27-,28-,30-,31+,32-,33-,34+,35+,36+,37+,38-,39-,40-,41-,42+,43+,44+,45+,46+,47+,48+,49+,50+,51-,52-,53+,54-,55+,56+,57+,58-,59-,60-,61-,62-,63-,64-,65-,66-,67-,70+,71-,72+,73+,74+,75+/m0/s1. The van der Waals surface area contributed by atoms with Crippen LogP contribution in [0.15, 0.2) is 11.6 Å². The van der Waals surface area contributed by atoms with Crippen molar-refractivity contribution >= 4 is 5.97 Å². The van der Waals surface area contributed by atoms with Gasteiger partial charge in [-0.3, -0.25) is 4.79 Å². The van der Waals surface area contributed by atoms with E-state index in [2.05, 4.69) is 0 Å². The lowest BCUT2D eigenvalue weighted by molar-refractivity contribution is -0.395. The number of esters is 1. The van der Waals surface area contributed by atoms with E-state index in [1.54, 1.807) is 6.92 Å². The number of hydrogen-bond donors (Lipinski definition) is 23. The van der Waals surface area contributed by atoms with Gasteiger partial charge >= 0.3 is 5.97 Å². The minimum absolute atomic E-state index is 0.00850. The first kappa shape index (κ1) is 90.4. The van der Waals surface area contributed by atoms with Crippen LogP contribution < -0.4 is 0 Å². The molecule has 0 spiro atoms. The quantitative estimate of drug-likeness (QED) is 0.0324. The maximum Gasteiger partial charge on any atom is 0.317 e. The number of aliphatic hydroxyl groups is 23. The van der Waals surface area contributed by atoms with Gasteiger partial charge in [-0.15, -0.1) is 0 Å². The molecule has 40 heteroatoms. The summed E-state index contributed by atoms with van der Waals surface area (Å²) < 4.78 is 96.7. The van der Waals surface area contributed by atoms with Gasteiger partial charge in [0, 0.05) is 11.3 Å². The molecule has 23 N–H and O–H groups in total. The SMILES string of the molecule is C[C@@H]1O[C@@H](O[C@@H]2[C@@H](O)[C@H](O[C@H]3[C@@H](O)C[C@@]4(C)[C@@H]([C@H](O)C[C@]5(C)[C@@H]4CC=C4[C@@H]6CC(C)(C)CC[C@]6(C(=O)O[C@@H]6OC[C@H](O)[C@H](O)[C@H]6O[C@@H]6O[C@@H](C)[C@H](O[C@@H]7OC[C@@H](O)[C@H](O[C@@H]8O[C@@H](C)[C@H](O)[C@@H](O)[C@H]8O)[C@H]7O)[C@@H](O[C@@H]7O[C@@H](C)[C@H](O)[C@@H](O)[C@H]7O)[C@H]6O)[C@H](O)C[C@]45C)[C@]3(C)CO)O[C@H](CO)[C@H]2O[C@@H]2OC[C@](O)(CO)[C@H]2O)[C@H](O)[C@H](O)[C@H]1O. The molecule has 0 aromatic carbocycles. The monoisotopic (exact) mass is 1660 g/mol. The van der Waals surface area contributed by atoms with Crippen LogP contribution in [0.3, 0.4) is 0 Å². The Labute approximate surface area is 662 Å². The van der Waals surface area contributed by atoms with Gasteiger partial charge in [-0.2, -0.15) is 0 Å². The second kappa shape index (κ2) is 33.6. The Bertz CT molecular complexity index is 3350. The fourth-order valence-corrected chi connectivity index (χ4v) is 21.8. The van der Waals surface area contributed by atoms with Gasteiger partial charge in [-0.05, 0) is 106 Å². The Morgan fingerprint density at radius 1 is 0.443 bits per heavy atom. The third-order valence-corrected chi connectivity index (χ3v) is 28.7. The van der Waals surface area contributed by atoms with Crippen LogP contribution in [0.2, 0.25) is 0 Å². The van der Waals surface area contributed by atoms with Crippen LogP contribution in [-0.2, 0) is 80.6 Å². The molecule has 0 radical (unpaired) electrons. The summed E-state index contributed by atoms with van der Waals surface area (Å²) in [5.74, 6) is -3.22. The lowest BCUT2D eigenvalue weighted by Gasteiger charge is -2.73. The molecule has 8 aliphatic heterocycles. The van der Waals surface area contributed by atoms with Crippen molar-refractivity contribution in [3.63, 3.8) is 0 Å². The number of carbonyl (C=O) groups excluding carboxylic acids is 1. The van der Waals surface area contributed by atoms with Crippen molar-refractivity contribution in [1.82, 2.24) is 0 Å². The second-order valence-corrected chi connectivity index (χ2v) is 36.5. The second-order valence-electron chi connectivity index (χ2n) is 36.5. The Morgan fingerprint density at radius 3 is 1.48 bits per heavy atom. The van der Waals surface area contributed by atoms with Crippen molar-refractivity contribution < 1.29 is 198 Å². The molecule has 0 aromatic heterocycles. The third-order valence-electron chi connectivity index (χ3n) is 28.7. The molecule has 0 unspecified atom stereocenters. The smallest absolute Gasteiger partial charge is 0.317 e. The molecule has 0 aromatic rings. The molecule has 13 aliphatic rings. The van der Waals surface area contributed by atoms with Gasteiger partial charge in [0.25, 0.3) is 0 Å². The lowest BCUT2D eigenvalue weighted by Crippen LogP contribution is -2.73. The van der Waals surface area contributed by atoms with Crippen LogP contribution in [0.1, 0.15) is 114 Å². The predicted molar refractivity (Wildman–Crippen MR) is 375 cm³/mol. The van der Waals surface area contributed by atoms with Gasteiger partial charge in [0.2, 0.25) is 6.29 Å². The van der Waals surface area contributed by atoms with E-state index in [9.17, 15) is 117 Å². The average molecular weight is 1660 g/mol. The maximum atomic E-state index is 15.9. The molecule has 48 atom stereocenters. The molecule has 115 heavy (non-hydrogen) atoms. The van der Waals surface area contributed by atoms with Crippen LogP contribution in [-0.4, -0.2) is 408 Å². The van der Waals surface area contributed by atoms with Crippen LogP contribution >= 0.6 is 0 Å². The van der Waals surface area contributed by atoms with E-state index in [1.165, 1.54) is 27.7 Å². The fourth-order valence-electron chi connectivity index (χ4n) is 21.8. The minimum Gasteiger partial charge on any atom is -0.432 e. The summed E-state index contributed by atoms with van der Waals surface area (Å²) in [5.41, 5.74) is -8.54. The van der Waals surface area contributed by atoms with Gasteiger partial charge < -0.3 is 193 Å². The summed E-state index contributed by atoms with van der Waals surface area (Å²) in [5, 5.41) is 262. The topological polar surface area (TPSA) is 630 Å². The summed E-state index contributed by atoms with van der Waals surface area (Å²) in [6.07, 6.45) is -64.7. The van der Waals surface area contributed by atoms with Gasteiger partial charge in [-0.1, -0.05) is 53.2 Å². The summed E-state index contributed by atoms with van der Waals surface area (Å²) in [6.45, 7) is 12.5. The highest BCUT2D eigenvalue weighted by Gasteiger charge is 2.75. The Morgan fingerprint density at radius 2 is 0.930 bits per heavy atom. The van der Waals surface area contributed by atoms with E-state index in [1.807, 2.05) is 40.7 Å². The zero-order valence-electron chi connectivity index (χ0n) is 65.7. The van der Waals surface area contributed by atoms with E-state index in [-0.39, 0.29) is 32.1 Å². The van der Waals surface area contributed by atoms with Crippen LogP contribution in [0.4, 0.5) is 0 Å². The maximum absolute atomic E-state index is 15.9. The average Bonchev–Trinajstić information content (AvgIpc) is 0.766. The Kier molecular flexibility index (Phi) is 26.4. The van der Waals surface area contributed by atoms with Crippen molar-refractivity contribution in [2.24, 2.45) is 50.2 Å². The predicted octanol–water partition coefficient (Wildman–Crippen LogP) is -8.82. The molecule has 0 amide bonds. The summed E-state index contributed by atoms with van der Waals surface area (Å²) in [7, 11) is 0. The third kappa shape index (κ3) is 15.5. The highest BCUT2D eigenvalue weighted by atomic mass is 16.8. The highest BCUT2D eigenvalue weighted by Crippen LogP contribution is 2.76. The molecule has 8 saturated heterocycles. The van der Waals surface area contributed by atoms with Crippen molar-refractivity contribution in [2.45, 2.75) is 359 Å². The number of allylic oxidation sites excluding steroid dienone is 2. The first-order valence-corrected chi connectivity index (χ1v) is 39.9. The van der Waals surface area contributed by atoms with Crippen molar-refractivity contribution in [3.05, 3.63) is 11.6 Å². The summed E-state index contributed by atoms with van der Waals surface area (Å²) in [6, 6.07) is 0. The summed E-state index contributed by atoms with van der Waals surface area (Å²) in [4.78, 5) is 15.9. The van der Waals surface area contributed by atoms with Crippen molar-refractivity contribution in [3.8, 4) is 0 Å². The van der Waals surface area contributed by atoms with E-state index in [4.69, 9.17) is 75.8 Å². The number of aliphatic hydroxyl groups excluding tert-OH is 22. The van der Waals surface area contributed by atoms with E-state index < -0.39 is 341 Å². The molecular weight excluding hydrogens is 1540 g/mol. The van der Waals surface area contributed by atoms with E-state index >= 15 is 4.79 Å². The normalized spacial score (nSPS) is 56.7. The molecule has 662 valence electrons. The molecule has 13 rings (SSSR count). The van der Waals surface area contributed by atoms with Crippen LogP contribution in [0, 0.1) is 50.2 Å².